The number of halogens is 4. The third-order valence-corrected chi connectivity index (χ3v) is 7.49. The zero-order valence-electron chi connectivity index (χ0n) is 21.4. The van der Waals surface area contributed by atoms with E-state index in [0.717, 1.165) is 35.6 Å². The van der Waals surface area contributed by atoms with Crippen LogP contribution in [0.25, 0.3) is 45.1 Å². The summed E-state index contributed by atoms with van der Waals surface area (Å²) in [5.74, 6) is 0.693. The number of nitrogens with one attached hydrogen (secondary N) is 1. The molecule has 5 aromatic rings. The number of hydrogen-bond donors (Lipinski definition) is 2. The predicted octanol–water partition coefficient (Wildman–Crippen LogP) is 6.63. The molecular weight excluding hydrogens is 543 g/mol. The molecule has 0 aliphatic heterocycles. The van der Waals surface area contributed by atoms with Gasteiger partial charge in [0.05, 0.1) is 6.10 Å². The molecule has 6 rings (SSSR count). The summed E-state index contributed by atoms with van der Waals surface area (Å²) in [6, 6.07) is 15.2. The third kappa shape index (κ3) is 5.10. The molecule has 1 saturated carbocycles. The smallest absolute Gasteiger partial charge is 0.420 e. The van der Waals surface area contributed by atoms with Crippen LogP contribution >= 0.6 is 11.6 Å². The Labute approximate surface area is 232 Å². The standard InChI is InChI=1S/C29H25ClF3N5O2/c1-38-15-35-37-27(38)21-13-19(30)8-9-20(21)17-4-2-5-18(12-17)28-36-24-11-16(14-34-23-6-3-7-25(23)39)10-22(26(24)40-28)29(31,32)33/h2,4-5,8-13,15,23,25,34,39H,3,6-7,14H2,1H3/t23-,25+/m1/s1. The normalized spacial score (nSPS) is 17.6. The van der Waals surface area contributed by atoms with Crippen LogP contribution in [-0.4, -0.2) is 37.0 Å². The highest BCUT2D eigenvalue weighted by Gasteiger charge is 2.36. The highest BCUT2D eigenvalue weighted by Crippen LogP contribution is 2.39. The maximum Gasteiger partial charge on any atom is 0.420 e. The lowest BCUT2D eigenvalue weighted by atomic mass is 9.97. The molecule has 0 unspecified atom stereocenters. The highest BCUT2D eigenvalue weighted by molar-refractivity contribution is 6.31. The first kappa shape index (κ1) is 26.5. The minimum absolute atomic E-state index is 0.0767. The fourth-order valence-electron chi connectivity index (χ4n) is 5.25. The summed E-state index contributed by atoms with van der Waals surface area (Å²) in [7, 11) is 1.83. The average molecular weight is 568 g/mol. The molecule has 1 aliphatic carbocycles. The number of aliphatic hydroxyl groups is 1. The molecule has 3 aromatic carbocycles. The highest BCUT2D eigenvalue weighted by atomic mass is 35.5. The SMILES string of the molecule is Cn1cnnc1-c1cc(Cl)ccc1-c1cccc(-c2nc3cc(CN[C@@H]4CCC[C@@H]4O)cc(C(F)(F)F)c3o2)c1. The van der Waals surface area contributed by atoms with Crippen LogP contribution in [0.2, 0.25) is 5.02 Å². The van der Waals surface area contributed by atoms with E-state index >= 15 is 0 Å². The first-order valence-electron chi connectivity index (χ1n) is 12.8. The van der Waals surface area contributed by atoms with Crippen molar-refractivity contribution in [1.29, 1.82) is 0 Å². The number of aliphatic hydroxyl groups excluding tert-OH is 1. The van der Waals surface area contributed by atoms with Crippen molar-refractivity contribution in [3.63, 3.8) is 0 Å². The Kier molecular flexibility index (Phi) is 6.85. The van der Waals surface area contributed by atoms with Crippen molar-refractivity contribution in [1.82, 2.24) is 25.1 Å². The van der Waals surface area contributed by atoms with Gasteiger partial charge in [0.15, 0.2) is 11.4 Å². The van der Waals surface area contributed by atoms with Crippen LogP contribution in [-0.2, 0) is 19.8 Å². The lowest BCUT2D eigenvalue weighted by Crippen LogP contribution is -2.35. The quantitative estimate of drug-likeness (QED) is 0.239. The molecule has 0 amide bonds. The van der Waals surface area contributed by atoms with E-state index in [9.17, 15) is 18.3 Å². The number of aryl methyl sites for hydroxylation is 1. The van der Waals surface area contributed by atoms with Gasteiger partial charge in [-0.2, -0.15) is 13.2 Å². The van der Waals surface area contributed by atoms with Gasteiger partial charge in [0.25, 0.3) is 0 Å². The van der Waals surface area contributed by atoms with Gasteiger partial charge in [0.2, 0.25) is 5.89 Å². The molecule has 0 bridgehead atoms. The topological polar surface area (TPSA) is 89.0 Å². The molecule has 0 saturated heterocycles. The zero-order valence-corrected chi connectivity index (χ0v) is 22.2. The van der Waals surface area contributed by atoms with E-state index in [-0.39, 0.29) is 29.6 Å². The minimum Gasteiger partial charge on any atom is -0.435 e. The van der Waals surface area contributed by atoms with Crippen molar-refractivity contribution >= 4 is 22.7 Å². The van der Waals surface area contributed by atoms with Crippen molar-refractivity contribution in [3.8, 4) is 34.0 Å². The number of benzene rings is 3. The minimum atomic E-state index is -4.63. The number of aromatic nitrogens is 4. The molecule has 2 atom stereocenters. The largest absolute Gasteiger partial charge is 0.435 e. The van der Waals surface area contributed by atoms with Crippen molar-refractivity contribution in [2.45, 2.75) is 44.1 Å². The Morgan fingerprint density at radius 1 is 1.07 bits per heavy atom. The summed E-state index contributed by atoms with van der Waals surface area (Å²) in [4.78, 5) is 4.46. The van der Waals surface area contributed by atoms with Crippen LogP contribution in [0.4, 0.5) is 13.2 Å². The van der Waals surface area contributed by atoms with E-state index in [1.54, 1.807) is 41.2 Å². The van der Waals surface area contributed by atoms with Crippen molar-refractivity contribution in [2.24, 2.45) is 7.05 Å². The van der Waals surface area contributed by atoms with E-state index in [1.165, 1.54) is 0 Å². The predicted molar refractivity (Wildman–Crippen MR) is 145 cm³/mol. The van der Waals surface area contributed by atoms with Gasteiger partial charge >= 0.3 is 6.18 Å². The van der Waals surface area contributed by atoms with Gasteiger partial charge in [-0.25, -0.2) is 4.98 Å². The van der Waals surface area contributed by atoms with Crippen molar-refractivity contribution in [2.75, 3.05) is 0 Å². The van der Waals surface area contributed by atoms with E-state index < -0.39 is 17.8 Å². The molecule has 1 aliphatic rings. The lowest BCUT2D eigenvalue weighted by molar-refractivity contribution is -0.136. The fourth-order valence-corrected chi connectivity index (χ4v) is 5.43. The Morgan fingerprint density at radius 3 is 2.62 bits per heavy atom. The van der Waals surface area contributed by atoms with Gasteiger partial charge in [0.1, 0.15) is 17.4 Å². The van der Waals surface area contributed by atoms with E-state index in [4.69, 9.17) is 16.0 Å². The van der Waals surface area contributed by atoms with Crippen LogP contribution in [0.15, 0.2) is 65.3 Å². The number of fused-ring (bicyclic) bond motifs is 1. The molecule has 11 heteroatoms. The lowest BCUT2D eigenvalue weighted by Gasteiger charge is -2.17. The summed E-state index contributed by atoms with van der Waals surface area (Å²) < 4.78 is 49.7. The Bertz CT molecular complexity index is 1700. The van der Waals surface area contributed by atoms with Crippen LogP contribution in [0.5, 0.6) is 0 Å². The third-order valence-electron chi connectivity index (χ3n) is 7.26. The molecule has 0 radical (unpaired) electrons. The van der Waals surface area contributed by atoms with Gasteiger partial charge in [-0.3, -0.25) is 0 Å². The fraction of sp³-hybridized carbons (Fsp3) is 0.276. The van der Waals surface area contributed by atoms with Crippen LogP contribution < -0.4 is 5.32 Å². The first-order chi connectivity index (χ1) is 19.2. The second kappa shape index (κ2) is 10.3. The molecule has 2 heterocycles. The molecule has 206 valence electrons. The molecule has 0 spiro atoms. The van der Waals surface area contributed by atoms with Gasteiger partial charge in [-0.1, -0.05) is 29.8 Å². The summed E-state index contributed by atoms with van der Waals surface area (Å²) in [5, 5.41) is 22.0. The number of hydrogen-bond acceptors (Lipinski definition) is 6. The van der Waals surface area contributed by atoms with Crippen LogP contribution in [0.3, 0.4) is 0 Å². The summed E-state index contributed by atoms with van der Waals surface area (Å²) in [6.07, 6.45) is -1.18. The van der Waals surface area contributed by atoms with Crippen molar-refractivity contribution < 1.29 is 22.7 Å². The summed E-state index contributed by atoms with van der Waals surface area (Å²) >= 11 is 6.29. The molecule has 40 heavy (non-hydrogen) atoms. The van der Waals surface area contributed by atoms with Gasteiger partial charge < -0.3 is 19.4 Å². The van der Waals surface area contributed by atoms with Crippen molar-refractivity contribution in [3.05, 3.63) is 77.1 Å². The van der Waals surface area contributed by atoms with Crippen LogP contribution in [0.1, 0.15) is 30.4 Å². The molecule has 7 nitrogen and oxygen atoms in total. The van der Waals surface area contributed by atoms with Gasteiger partial charge in [0, 0.05) is 35.8 Å². The molecule has 2 aromatic heterocycles. The molecule has 1 fully saturated rings. The molecular formula is C29H25ClF3N5O2. The number of oxazole rings is 1. The number of nitrogens with zero attached hydrogens (tertiary/aromatic N) is 4. The summed E-state index contributed by atoms with van der Waals surface area (Å²) in [6.45, 7) is 0.180. The maximum absolute atomic E-state index is 14.1. The van der Waals surface area contributed by atoms with Gasteiger partial charge in [-0.15, -0.1) is 10.2 Å². The zero-order chi connectivity index (χ0) is 28.0. The molecule has 2 N–H and O–H groups in total. The maximum atomic E-state index is 14.1. The van der Waals surface area contributed by atoms with Crippen LogP contribution in [0, 0.1) is 0 Å². The van der Waals surface area contributed by atoms with E-state index in [0.29, 0.717) is 28.4 Å². The van der Waals surface area contributed by atoms with E-state index in [1.807, 2.05) is 25.2 Å². The monoisotopic (exact) mass is 567 g/mol. The Balaban J connectivity index is 1.39. The second-order valence-corrected chi connectivity index (χ2v) is 10.5. The Morgan fingerprint density at radius 2 is 1.90 bits per heavy atom. The number of rotatable bonds is 6. The Hall–Kier alpha value is -3.73. The second-order valence-electron chi connectivity index (χ2n) is 10.0. The average Bonchev–Trinajstić information content (AvgIpc) is 3.66. The number of alkyl halides is 3. The van der Waals surface area contributed by atoms with Gasteiger partial charge in [-0.05, 0) is 72.4 Å². The first-order valence-corrected chi connectivity index (χ1v) is 13.2. The van der Waals surface area contributed by atoms with E-state index in [2.05, 4.69) is 20.5 Å². The summed E-state index contributed by atoms with van der Waals surface area (Å²) in [5.41, 5.74) is 2.21.